The Hall–Kier alpha value is -3.44. The first-order chi connectivity index (χ1) is 13.6. The second-order valence-corrected chi connectivity index (χ2v) is 6.37. The molecule has 142 valence electrons. The summed E-state index contributed by atoms with van der Waals surface area (Å²) in [6, 6.07) is 29.7. The zero-order valence-electron chi connectivity index (χ0n) is 15.3. The Morgan fingerprint density at radius 1 is 0.679 bits per heavy atom. The van der Waals surface area contributed by atoms with Crippen molar-refractivity contribution in [3.8, 4) is 0 Å². The minimum Gasteiger partial charge on any atom is -0.480 e. The van der Waals surface area contributed by atoms with E-state index in [1.807, 2.05) is 91.0 Å². The molecule has 0 unspecified atom stereocenters. The third-order valence-electron chi connectivity index (χ3n) is 4.57. The summed E-state index contributed by atoms with van der Waals surface area (Å²) in [4.78, 5) is 23.0. The van der Waals surface area contributed by atoms with Crippen LogP contribution in [0.1, 0.15) is 16.7 Å². The van der Waals surface area contributed by atoms with Crippen LogP contribution >= 0.6 is 0 Å². The molecule has 0 aliphatic rings. The number of rotatable bonds is 8. The molecule has 1 amide bonds. The van der Waals surface area contributed by atoms with Crippen molar-refractivity contribution in [3.05, 3.63) is 108 Å². The fraction of sp³-hybridized carbons (Fsp3) is 0.130. The minimum atomic E-state index is -1.08. The highest BCUT2D eigenvalue weighted by Crippen LogP contribution is 2.36. The van der Waals surface area contributed by atoms with E-state index in [-0.39, 0.29) is 12.5 Å². The molecule has 0 fully saturated rings. The Morgan fingerprint density at radius 2 is 1.07 bits per heavy atom. The number of nitrogens with one attached hydrogen (secondary N) is 2. The molecule has 0 saturated carbocycles. The maximum Gasteiger partial charge on any atom is 0.322 e. The number of benzene rings is 3. The van der Waals surface area contributed by atoms with Crippen LogP contribution in [0.4, 0.5) is 0 Å². The molecule has 3 N–H and O–H groups in total. The number of carbonyl (C=O) groups is 2. The zero-order valence-corrected chi connectivity index (χ0v) is 15.3. The smallest absolute Gasteiger partial charge is 0.322 e. The lowest BCUT2D eigenvalue weighted by Crippen LogP contribution is -2.49. The summed E-state index contributed by atoms with van der Waals surface area (Å²) in [7, 11) is 0. The van der Waals surface area contributed by atoms with Gasteiger partial charge in [0.2, 0.25) is 5.91 Å². The Balaban J connectivity index is 2.06. The number of hydrogen-bond donors (Lipinski definition) is 3. The van der Waals surface area contributed by atoms with Crippen LogP contribution in [0.25, 0.3) is 0 Å². The van der Waals surface area contributed by atoms with E-state index >= 15 is 0 Å². The molecule has 3 rings (SSSR count). The van der Waals surface area contributed by atoms with Gasteiger partial charge in [-0.15, -0.1) is 0 Å². The molecular formula is C23H22N2O3. The van der Waals surface area contributed by atoms with Crippen molar-refractivity contribution in [3.63, 3.8) is 0 Å². The second-order valence-electron chi connectivity index (χ2n) is 6.37. The summed E-state index contributed by atoms with van der Waals surface area (Å²) >= 11 is 0. The van der Waals surface area contributed by atoms with Crippen molar-refractivity contribution >= 4 is 11.9 Å². The molecule has 0 spiro atoms. The van der Waals surface area contributed by atoms with E-state index in [9.17, 15) is 9.59 Å². The van der Waals surface area contributed by atoms with Crippen molar-refractivity contribution in [1.82, 2.24) is 10.6 Å². The molecule has 5 heteroatoms. The number of aliphatic carboxylic acids is 1. The summed E-state index contributed by atoms with van der Waals surface area (Å²) in [5, 5.41) is 14.6. The lowest BCUT2D eigenvalue weighted by Gasteiger charge is -2.37. The van der Waals surface area contributed by atoms with Crippen LogP contribution in [0, 0.1) is 0 Å². The number of hydrogen-bond acceptors (Lipinski definition) is 3. The predicted octanol–water partition coefficient (Wildman–Crippen LogP) is 2.77. The molecule has 0 bridgehead atoms. The Morgan fingerprint density at radius 3 is 1.43 bits per heavy atom. The van der Waals surface area contributed by atoms with Crippen molar-refractivity contribution in [2.24, 2.45) is 0 Å². The van der Waals surface area contributed by atoms with E-state index in [0.29, 0.717) is 0 Å². The van der Waals surface area contributed by atoms with Gasteiger partial charge in [-0.2, -0.15) is 0 Å². The largest absolute Gasteiger partial charge is 0.480 e. The summed E-state index contributed by atoms with van der Waals surface area (Å²) in [5.74, 6) is -1.46. The number of carboxylic acids is 1. The van der Waals surface area contributed by atoms with E-state index in [0.717, 1.165) is 16.7 Å². The third kappa shape index (κ3) is 4.27. The van der Waals surface area contributed by atoms with Crippen LogP contribution < -0.4 is 10.6 Å². The molecule has 0 aliphatic heterocycles. The molecule has 0 radical (unpaired) electrons. The van der Waals surface area contributed by atoms with Crippen LogP contribution in [0.2, 0.25) is 0 Å². The lowest BCUT2D eigenvalue weighted by molar-refractivity contribution is -0.137. The average molecular weight is 374 g/mol. The highest BCUT2D eigenvalue weighted by atomic mass is 16.4. The van der Waals surface area contributed by atoms with Gasteiger partial charge in [-0.3, -0.25) is 14.9 Å². The van der Waals surface area contributed by atoms with E-state index in [1.165, 1.54) is 0 Å². The van der Waals surface area contributed by atoms with Gasteiger partial charge in [0.05, 0.1) is 12.1 Å². The fourth-order valence-corrected chi connectivity index (χ4v) is 3.32. The highest BCUT2D eigenvalue weighted by molar-refractivity contribution is 5.82. The highest BCUT2D eigenvalue weighted by Gasteiger charge is 2.36. The Bertz CT molecular complexity index is 816. The lowest BCUT2D eigenvalue weighted by atomic mass is 9.77. The van der Waals surface area contributed by atoms with Gasteiger partial charge in [-0.25, -0.2) is 0 Å². The summed E-state index contributed by atoms with van der Waals surface area (Å²) in [6.07, 6.45) is 0. The maximum atomic E-state index is 12.3. The summed E-state index contributed by atoms with van der Waals surface area (Å²) in [5.41, 5.74) is 2.19. The van der Waals surface area contributed by atoms with Crippen molar-refractivity contribution in [1.29, 1.82) is 0 Å². The van der Waals surface area contributed by atoms with Crippen LogP contribution in [0.3, 0.4) is 0 Å². The second kappa shape index (κ2) is 8.97. The van der Waals surface area contributed by atoms with Crippen LogP contribution in [-0.4, -0.2) is 30.1 Å². The first kappa shape index (κ1) is 19.3. The molecule has 3 aromatic rings. The maximum absolute atomic E-state index is 12.3. The van der Waals surface area contributed by atoms with E-state index in [2.05, 4.69) is 10.6 Å². The zero-order chi connectivity index (χ0) is 19.8. The summed E-state index contributed by atoms with van der Waals surface area (Å²) < 4.78 is 0. The first-order valence-electron chi connectivity index (χ1n) is 9.03. The normalized spacial score (nSPS) is 11.0. The molecule has 0 atom stereocenters. The van der Waals surface area contributed by atoms with Gasteiger partial charge in [0.1, 0.15) is 6.54 Å². The van der Waals surface area contributed by atoms with Crippen molar-refractivity contribution < 1.29 is 14.7 Å². The topological polar surface area (TPSA) is 78.4 Å². The van der Waals surface area contributed by atoms with Crippen LogP contribution in [0.15, 0.2) is 91.0 Å². The van der Waals surface area contributed by atoms with Crippen molar-refractivity contribution in [2.45, 2.75) is 5.54 Å². The number of carboxylic acid groups (broad SMARTS) is 1. The van der Waals surface area contributed by atoms with Gasteiger partial charge in [0.15, 0.2) is 0 Å². The number of carbonyl (C=O) groups excluding carboxylic acids is 1. The Kier molecular flexibility index (Phi) is 6.19. The SMILES string of the molecule is O=C(O)CNC(=O)CNC(c1ccccc1)(c1ccccc1)c1ccccc1. The number of amides is 1. The monoisotopic (exact) mass is 374 g/mol. The molecule has 0 aromatic heterocycles. The molecule has 0 heterocycles. The van der Waals surface area contributed by atoms with Crippen LogP contribution in [0.5, 0.6) is 0 Å². The van der Waals surface area contributed by atoms with Gasteiger partial charge in [-0.05, 0) is 16.7 Å². The van der Waals surface area contributed by atoms with Crippen molar-refractivity contribution in [2.75, 3.05) is 13.1 Å². The van der Waals surface area contributed by atoms with E-state index in [4.69, 9.17) is 5.11 Å². The molecule has 28 heavy (non-hydrogen) atoms. The standard InChI is InChI=1S/C23H22N2O3/c26-21(24-17-22(27)28)16-25-23(18-10-4-1-5-11-18,19-12-6-2-7-13-19)20-14-8-3-9-15-20/h1-15,25H,16-17H2,(H,24,26)(H,27,28). The fourth-order valence-electron chi connectivity index (χ4n) is 3.32. The molecular weight excluding hydrogens is 352 g/mol. The van der Waals surface area contributed by atoms with E-state index < -0.39 is 18.1 Å². The molecule has 3 aromatic carbocycles. The van der Waals surface area contributed by atoms with Crippen LogP contribution in [-0.2, 0) is 15.1 Å². The first-order valence-corrected chi connectivity index (χ1v) is 9.03. The van der Waals surface area contributed by atoms with Gasteiger partial charge in [-0.1, -0.05) is 91.0 Å². The average Bonchev–Trinajstić information content (AvgIpc) is 2.75. The minimum absolute atomic E-state index is 0.0358. The van der Waals surface area contributed by atoms with Gasteiger partial charge in [0.25, 0.3) is 0 Å². The Labute approximate surface area is 164 Å². The molecule has 0 saturated heterocycles. The van der Waals surface area contributed by atoms with Gasteiger partial charge >= 0.3 is 5.97 Å². The molecule has 0 aliphatic carbocycles. The molecule has 5 nitrogen and oxygen atoms in total. The summed E-state index contributed by atoms with van der Waals surface area (Å²) in [6.45, 7) is -0.443. The quantitative estimate of drug-likeness (QED) is 0.530. The third-order valence-corrected chi connectivity index (χ3v) is 4.57. The predicted molar refractivity (Wildman–Crippen MR) is 108 cm³/mol. The van der Waals surface area contributed by atoms with E-state index in [1.54, 1.807) is 0 Å². The van der Waals surface area contributed by atoms with Gasteiger partial charge < -0.3 is 10.4 Å². The van der Waals surface area contributed by atoms with Gasteiger partial charge in [0, 0.05) is 0 Å².